The molecule has 0 saturated carbocycles. The molecule has 0 radical (unpaired) electrons. The van der Waals surface area contributed by atoms with E-state index in [0.717, 1.165) is 6.42 Å². The molecule has 0 bridgehead atoms. The van der Waals surface area contributed by atoms with Gasteiger partial charge in [-0.15, -0.1) is 0 Å². The standard InChI is InChI=1S/C23H18FN3O5/c24-11-3-5-14-13(8-11)23(22(30)25-14)19-18(15-2-1-7-26(15)23)20(28)27(21(19)29)12-4-6-16-17(9-12)32-10-31-16/h3-6,8-9,15,18-19H,1-2,7,10H2,(H,25,30)/t15-,18+,19+,23-/m0/s1. The molecule has 2 aromatic carbocycles. The van der Waals surface area contributed by atoms with Crippen molar-refractivity contribution in [1.82, 2.24) is 4.90 Å². The number of hydrogen-bond acceptors (Lipinski definition) is 6. The molecular weight excluding hydrogens is 417 g/mol. The second-order valence-corrected chi connectivity index (χ2v) is 8.87. The fraction of sp³-hybridized carbons (Fsp3) is 0.348. The molecule has 3 fully saturated rings. The van der Waals surface area contributed by atoms with Gasteiger partial charge in [-0.25, -0.2) is 9.29 Å². The van der Waals surface area contributed by atoms with Crippen LogP contribution in [0.5, 0.6) is 11.5 Å². The summed E-state index contributed by atoms with van der Waals surface area (Å²) in [5.74, 6) is -2.21. The summed E-state index contributed by atoms with van der Waals surface area (Å²) in [5, 5.41) is 2.84. The van der Waals surface area contributed by atoms with E-state index in [1.54, 1.807) is 18.2 Å². The Kier molecular flexibility index (Phi) is 3.32. The minimum atomic E-state index is -1.39. The Hall–Kier alpha value is -3.46. The van der Waals surface area contributed by atoms with E-state index < -0.39 is 29.1 Å². The van der Waals surface area contributed by atoms with E-state index >= 15 is 0 Å². The summed E-state index contributed by atoms with van der Waals surface area (Å²) in [5.41, 5.74) is -0.0718. The maximum Gasteiger partial charge on any atom is 0.250 e. The number of nitrogens with one attached hydrogen (secondary N) is 1. The summed E-state index contributed by atoms with van der Waals surface area (Å²) in [6, 6.07) is 8.80. The largest absolute Gasteiger partial charge is 0.454 e. The van der Waals surface area contributed by atoms with Gasteiger partial charge in [0.2, 0.25) is 24.5 Å². The minimum Gasteiger partial charge on any atom is -0.454 e. The quantitative estimate of drug-likeness (QED) is 0.690. The molecule has 3 saturated heterocycles. The zero-order valence-corrected chi connectivity index (χ0v) is 16.8. The van der Waals surface area contributed by atoms with Gasteiger partial charge in [0.05, 0.1) is 17.5 Å². The number of carbonyl (C=O) groups excluding carboxylic acids is 3. The topological polar surface area (TPSA) is 88.2 Å². The van der Waals surface area contributed by atoms with Crippen molar-refractivity contribution in [2.75, 3.05) is 23.6 Å². The third-order valence-electron chi connectivity index (χ3n) is 7.57. The first-order valence-electron chi connectivity index (χ1n) is 10.7. The highest BCUT2D eigenvalue weighted by Crippen LogP contribution is 2.60. The highest BCUT2D eigenvalue weighted by Gasteiger charge is 2.74. The lowest BCUT2D eigenvalue weighted by atomic mass is 9.75. The summed E-state index contributed by atoms with van der Waals surface area (Å²) in [6.07, 6.45) is 1.51. The van der Waals surface area contributed by atoms with Gasteiger partial charge < -0.3 is 14.8 Å². The van der Waals surface area contributed by atoms with E-state index in [-0.39, 0.29) is 24.6 Å². The van der Waals surface area contributed by atoms with Crippen LogP contribution in [0.15, 0.2) is 36.4 Å². The number of nitrogens with zero attached hydrogens (tertiary/aromatic N) is 2. The van der Waals surface area contributed by atoms with Crippen molar-refractivity contribution in [3.63, 3.8) is 0 Å². The summed E-state index contributed by atoms with van der Waals surface area (Å²) >= 11 is 0. The number of carbonyl (C=O) groups is 3. The molecule has 5 aliphatic rings. The van der Waals surface area contributed by atoms with Crippen molar-refractivity contribution in [3.8, 4) is 11.5 Å². The van der Waals surface area contributed by atoms with Crippen LogP contribution in [0, 0.1) is 17.7 Å². The fourth-order valence-corrected chi connectivity index (χ4v) is 6.45. The lowest BCUT2D eigenvalue weighted by Gasteiger charge is -2.36. The molecule has 0 aromatic heterocycles. The Balaban J connectivity index is 1.41. The van der Waals surface area contributed by atoms with E-state index in [0.29, 0.717) is 41.4 Å². The number of anilines is 2. The molecule has 162 valence electrons. The molecule has 2 aromatic rings. The van der Waals surface area contributed by atoms with E-state index in [1.165, 1.54) is 23.1 Å². The molecule has 5 aliphatic heterocycles. The first kappa shape index (κ1) is 18.1. The van der Waals surface area contributed by atoms with Gasteiger partial charge in [-0.1, -0.05) is 0 Å². The molecule has 1 N–H and O–H groups in total. The van der Waals surface area contributed by atoms with Crippen molar-refractivity contribution in [3.05, 3.63) is 47.8 Å². The summed E-state index contributed by atoms with van der Waals surface area (Å²) in [4.78, 5) is 44.2. The fourth-order valence-electron chi connectivity index (χ4n) is 6.45. The molecule has 0 unspecified atom stereocenters. The van der Waals surface area contributed by atoms with Crippen LogP contribution < -0.4 is 19.7 Å². The zero-order chi connectivity index (χ0) is 21.8. The highest BCUT2D eigenvalue weighted by molar-refractivity contribution is 6.26. The lowest BCUT2D eigenvalue weighted by molar-refractivity contribution is -0.135. The van der Waals surface area contributed by atoms with Crippen molar-refractivity contribution < 1.29 is 28.2 Å². The third-order valence-corrected chi connectivity index (χ3v) is 7.57. The Morgan fingerprint density at radius 2 is 1.88 bits per heavy atom. The van der Waals surface area contributed by atoms with Gasteiger partial charge in [-0.3, -0.25) is 19.3 Å². The molecule has 32 heavy (non-hydrogen) atoms. The van der Waals surface area contributed by atoms with Crippen LogP contribution in [0.1, 0.15) is 18.4 Å². The average molecular weight is 435 g/mol. The first-order chi connectivity index (χ1) is 15.5. The van der Waals surface area contributed by atoms with E-state index in [2.05, 4.69) is 5.32 Å². The Morgan fingerprint density at radius 1 is 1.03 bits per heavy atom. The lowest BCUT2D eigenvalue weighted by Crippen LogP contribution is -2.54. The predicted molar refractivity (Wildman–Crippen MR) is 108 cm³/mol. The van der Waals surface area contributed by atoms with Gasteiger partial charge >= 0.3 is 0 Å². The molecule has 8 nitrogen and oxygen atoms in total. The SMILES string of the molecule is O=C1[C@@H]2[C@@H]3CCCN3[C@]3(C(=O)Nc4ccc(F)cc43)[C@H]2C(=O)N1c1ccc2c(c1)OCO2. The predicted octanol–water partition coefficient (Wildman–Crippen LogP) is 1.99. The van der Waals surface area contributed by atoms with Crippen LogP contribution in [-0.4, -0.2) is 42.0 Å². The van der Waals surface area contributed by atoms with Crippen LogP contribution in [0.25, 0.3) is 0 Å². The van der Waals surface area contributed by atoms with Crippen LogP contribution >= 0.6 is 0 Å². The Morgan fingerprint density at radius 3 is 2.75 bits per heavy atom. The molecule has 3 amide bonds. The van der Waals surface area contributed by atoms with Crippen LogP contribution in [-0.2, 0) is 19.9 Å². The smallest absolute Gasteiger partial charge is 0.250 e. The Bertz CT molecular complexity index is 1250. The second-order valence-electron chi connectivity index (χ2n) is 8.87. The first-order valence-corrected chi connectivity index (χ1v) is 10.7. The third kappa shape index (κ3) is 1.94. The van der Waals surface area contributed by atoms with Gasteiger partial charge in [0.15, 0.2) is 11.5 Å². The number of imide groups is 1. The molecule has 7 rings (SSSR count). The summed E-state index contributed by atoms with van der Waals surface area (Å²) in [7, 11) is 0. The van der Waals surface area contributed by atoms with E-state index in [4.69, 9.17) is 9.47 Å². The van der Waals surface area contributed by atoms with Gasteiger partial charge in [-0.2, -0.15) is 0 Å². The van der Waals surface area contributed by atoms with Crippen LogP contribution in [0.3, 0.4) is 0 Å². The molecule has 9 heteroatoms. The summed E-state index contributed by atoms with van der Waals surface area (Å²) < 4.78 is 25.1. The van der Waals surface area contributed by atoms with Gasteiger partial charge in [0.25, 0.3) is 0 Å². The van der Waals surface area contributed by atoms with Crippen LogP contribution in [0.2, 0.25) is 0 Å². The molecular formula is C23H18FN3O5. The van der Waals surface area contributed by atoms with Gasteiger partial charge in [-0.05, 0) is 49.7 Å². The molecule has 4 atom stereocenters. The van der Waals surface area contributed by atoms with E-state index in [9.17, 15) is 18.8 Å². The number of benzene rings is 2. The average Bonchev–Trinajstić information content (AvgIpc) is 3.55. The number of hydrogen-bond donors (Lipinski definition) is 1. The number of rotatable bonds is 1. The van der Waals surface area contributed by atoms with Crippen LogP contribution in [0.4, 0.5) is 15.8 Å². The van der Waals surface area contributed by atoms with Gasteiger partial charge in [0, 0.05) is 23.4 Å². The van der Waals surface area contributed by atoms with E-state index in [1.807, 2.05) is 4.90 Å². The molecule has 0 aliphatic carbocycles. The number of ether oxygens (including phenoxy) is 2. The number of fused-ring (bicyclic) bond motifs is 8. The van der Waals surface area contributed by atoms with Crippen molar-refractivity contribution >= 4 is 29.1 Å². The normalized spacial score (nSPS) is 32.0. The van der Waals surface area contributed by atoms with Crippen molar-refractivity contribution in [2.45, 2.75) is 24.4 Å². The number of halogens is 1. The van der Waals surface area contributed by atoms with Crippen molar-refractivity contribution in [2.24, 2.45) is 11.8 Å². The maximum absolute atomic E-state index is 14.3. The molecule has 5 heterocycles. The molecule has 1 spiro atoms. The Labute approximate surface area is 181 Å². The highest BCUT2D eigenvalue weighted by atomic mass is 19.1. The summed E-state index contributed by atoms with van der Waals surface area (Å²) in [6.45, 7) is 0.653. The van der Waals surface area contributed by atoms with Gasteiger partial charge in [0.1, 0.15) is 11.4 Å². The maximum atomic E-state index is 14.3. The monoisotopic (exact) mass is 435 g/mol. The number of amides is 3. The zero-order valence-electron chi connectivity index (χ0n) is 16.8. The second kappa shape index (κ2) is 5.86. The minimum absolute atomic E-state index is 0.0780. The van der Waals surface area contributed by atoms with Crippen molar-refractivity contribution in [1.29, 1.82) is 0 Å².